The monoisotopic (exact) mass is 295 g/mol. The third-order valence-electron chi connectivity index (χ3n) is 3.37. The standard InChI is InChI=1S/C17H13NO4/c1-10-15(17(20)21)13-9-11(7-8-14(13)22-10)16(19)18-12-5-3-2-4-6-12/h2-9H,1H3,(H,18,19)(H,20,21). The van der Waals surface area contributed by atoms with Crippen LogP contribution in [0.2, 0.25) is 0 Å². The van der Waals surface area contributed by atoms with Crippen LogP contribution in [0.4, 0.5) is 5.69 Å². The molecule has 0 aliphatic carbocycles. The number of aryl methyl sites for hydroxylation is 1. The molecule has 0 aliphatic heterocycles. The number of benzene rings is 2. The molecule has 22 heavy (non-hydrogen) atoms. The van der Waals surface area contributed by atoms with Gasteiger partial charge in [0, 0.05) is 16.6 Å². The van der Waals surface area contributed by atoms with Gasteiger partial charge in [0.2, 0.25) is 0 Å². The maximum atomic E-state index is 12.3. The van der Waals surface area contributed by atoms with Gasteiger partial charge in [0.15, 0.2) is 0 Å². The maximum Gasteiger partial charge on any atom is 0.339 e. The predicted octanol–water partition coefficient (Wildman–Crippen LogP) is 3.69. The van der Waals surface area contributed by atoms with Crippen molar-refractivity contribution in [2.75, 3.05) is 5.32 Å². The zero-order chi connectivity index (χ0) is 15.7. The Bertz CT molecular complexity index is 865. The van der Waals surface area contributed by atoms with Gasteiger partial charge >= 0.3 is 5.97 Å². The summed E-state index contributed by atoms with van der Waals surface area (Å²) in [7, 11) is 0. The first-order valence-corrected chi connectivity index (χ1v) is 6.69. The van der Waals surface area contributed by atoms with Crippen LogP contribution in [0.5, 0.6) is 0 Å². The number of nitrogens with one attached hydrogen (secondary N) is 1. The molecule has 5 nitrogen and oxygen atoms in total. The number of anilines is 1. The minimum atomic E-state index is -1.07. The van der Waals surface area contributed by atoms with E-state index < -0.39 is 5.97 Å². The second kappa shape index (κ2) is 5.37. The fourth-order valence-corrected chi connectivity index (χ4v) is 2.35. The minimum Gasteiger partial charge on any atom is -0.478 e. The number of amides is 1. The molecule has 3 aromatic rings. The number of furan rings is 1. The largest absolute Gasteiger partial charge is 0.478 e. The average molecular weight is 295 g/mol. The highest BCUT2D eigenvalue weighted by molar-refractivity contribution is 6.09. The van der Waals surface area contributed by atoms with E-state index in [4.69, 9.17) is 4.42 Å². The number of carboxylic acids is 1. The van der Waals surface area contributed by atoms with E-state index in [1.54, 1.807) is 31.2 Å². The molecule has 5 heteroatoms. The van der Waals surface area contributed by atoms with Crippen LogP contribution < -0.4 is 5.32 Å². The lowest BCUT2D eigenvalue weighted by molar-refractivity contribution is 0.0696. The van der Waals surface area contributed by atoms with E-state index in [9.17, 15) is 14.7 Å². The molecule has 0 bridgehead atoms. The van der Waals surface area contributed by atoms with Crippen molar-refractivity contribution in [1.29, 1.82) is 0 Å². The molecule has 1 amide bonds. The molecule has 0 atom stereocenters. The summed E-state index contributed by atoms with van der Waals surface area (Å²) in [6.45, 7) is 1.59. The van der Waals surface area contributed by atoms with E-state index in [2.05, 4.69) is 5.32 Å². The fourth-order valence-electron chi connectivity index (χ4n) is 2.35. The van der Waals surface area contributed by atoms with Crippen LogP contribution in [0.25, 0.3) is 11.0 Å². The van der Waals surface area contributed by atoms with Gasteiger partial charge < -0.3 is 14.8 Å². The quantitative estimate of drug-likeness (QED) is 0.772. The summed E-state index contributed by atoms with van der Waals surface area (Å²) in [6, 6.07) is 13.8. The van der Waals surface area contributed by atoms with Crippen LogP contribution in [0, 0.1) is 6.92 Å². The normalized spacial score (nSPS) is 10.6. The Labute approximate surface area is 126 Å². The Morgan fingerprint density at radius 3 is 2.50 bits per heavy atom. The number of carboxylic acid groups (broad SMARTS) is 1. The zero-order valence-electron chi connectivity index (χ0n) is 11.8. The molecular formula is C17H13NO4. The lowest BCUT2D eigenvalue weighted by Crippen LogP contribution is -2.11. The lowest BCUT2D eigenvalue weighted by atomic mass is 10.1. The average Bonchev–Trinajstić information content (AvgIpc) is 2.83. The van der Waals surface area contributed by atoms with Gasteiger partial charge in [0.05, 0.1) is 0 Å². The van der Waals surface area contributed by atoms with E-state index in [0.29, 0.717) is 28.0 Å². The number of hydrogen-bond donors (Lipinski definition) is 2. The predicted molar refractivity (Wildman–Crippen MR) is 82.3 cm³/mol. The molecular weight excluding hydrogens is 282 g/mol. The van der Waals surface area contributed by atoms with Gasteiger partial charge in [-0.2, -0.15) is 0 Å². The van der Waals surface area contributed by atoms with E-state index in [-0.39, 0.29) is 11.5 Å². The van der Waals surface area contributed by atoms with Gasteiger partial charge in [-0.05, 0) is 37.3 Å². The molecule has 0 radical (unpaired) electrons. The molecule has 0 saturated carbocycles. The SMILES string of the molecule is Cc1oc2ccc(C(=O)Nc3ccccc3)cc2c1C(=O)O. The Morgan fingerprint density at radius 1 is 1.09 bits per heavy atom. The molecule has 2 N–H and O–H groups in total. The Balaban J connectivity index is 1.99. The third-order valence-corrected chi connectivity index (χ3v) is 3.37. The van der Waals surface area contributed by atoms with Gasteiger partial charge in [-0.1, -0.05) is 18.2 Å². The molecule has 0 fully saturated rings. The topological polar surface area (TPSA) is 79.5 Å². The van der Waals surface area contributed by atoms with Gasteiger partial charge in [0.25, 0.3) is 5.91 Å². The highest BCUT2D eigenvalue weighted by atomic mass is 16.4. The van der Waals surface area contributed by atoms with Crippen molar-refractivity contribution < 1.29 is 19.1 Å². The first-order valence-electron chi connectivity index (χ1n) is 6.69. The van der Waals surface area contributed by atoms with Crippen molar-refractivity contribution in [1.82, 2.24) is 0 Å². The highest BCUT2D eigenvalue weighted by Gasteiger charge is 2.18. The van der Waals surface area contributed by atoms with E-state index in [0.717, 1.165) is 0 Å². The van der Waals surface area contributed by atoms with Crippen molar-refractivity contribution in [2.24, 2.45) is 0 Å². The second-order valence-corrected chi connectivity index (χ2v) is 4.87. The van der Waals surface area contributed by atoms with Crippen molar-refractivity contribution in [3.8, 4) is 0 Å². The molecule has 1 heterocycles. The summed E-state index contributed by atoms with van der Waals surface area (Å²) >= 11 is 0. The van der Waals surface area contributed by atoms with Crippen LogP contribution in [-0.2, 0) is 0 Å². The number of aromatic carboxylic acids is 1. The van der Waals surface area contributed by atoms with E-state index in [1.165, 1.54) is 6.07 Å². The number of rotatable bonds is 3. The van der Waals surface area contributed by atoms with Crippen molar-refractivity contribution >= 4 is 28.5 Å². The molecule has 0 unspecified atom stereocenters. The molecule has 110 valence electrons. The maximum absolute atomic E-state index is 12.3. The summed E-state index contributed by atoms with van der Waals surface area (Å²) < 4.78 is 5.40. The summed E-state index contributed by atoms with van der Waals surface area (Å²) in [5, 5.41) is 12.4. The van der Waals surface area contributed by atoms with Gasteiger partial charge in [0.1, 0.15) is 16.9 Å². The smallest absolute Gasteiger partial charge is 0.339 e. The Morgan fingerprint density at radius 2 is 1.82 bits per heavy atom. The van der Waals surface area contributed by atoms with Gasteiger partial charge in [-0.3, -0.25) is 4.79 Å². The Hall–Kier alpha value is -3.08. The lowest BCUT2D eigenvalue weighted by Gasteiger charge is -2.05. The highest BCUT2D eigenvalue weighted by Crippen LogP contribution is 2.26. The van der Waals surface area contributed by atoms with Gasteiger partial charge in [-0.25, -0.2) is 4.79 Å². The molecule has 0 saturated heterocycles. The molecule has 0 spiro atoms. The Kier molecular flexibility index (Phi) is 3.39. The summed E-state index contributed by atoms with van der Waals surface area (Å²) in [5.74, 6) is -1.05. The summed E-state index contributed by atoms with van der Waals surface area (Å²) in [5.41, 5.74) is 1.59. The summed E-state index contributed by atoms with van der Waals surface area (Å²) in [6.07, 6.45) is 0. The number of hydrogen-bond acceptors (Lipinski definition) is 3. The number of carbonyl (C=O) groups is 2. The second-order valence-electron chi connectivity index (χ2n) is 4.87. The fraction of sp³-hybridized carbons (Fsp3) is 0.0588. The number of fused-ring (bicyclic) bond motifs is 1. The molecule has 3 rings (SSSR count). The minimum absolute atomic E-state index is 0.0874. The molecule has 2 aromatic carbocycles. The first-order chi connectivity index (χ1) is 10.6. The number of carbonyl (C=O) groups excluding carboxylic acids is 1. The zero-order valence-corrected chi connectivity index (χ0v) is 11.8. The molecule has 1 aromatic heterocycles. The van der Waals surface area contributed by atoms with Crippen LogP contribution in [-0.4, -0.2) is 17.0 Å². The van der Waals surface area contributed by atoms with Crippen LogP contribution in [0.15, 0.2) is 52.9 Å². The van der Waals surface area contributed by atoms with Crippen LogP contribution in [0.3, 0.4) is 0 Å². The summed E-state index contributed by atoms with van der Waals surface area (Å²) in [4.78, 5) is 23.6. The van der Waals surface area contributed by atoms with Gasteiger partial charge in [-0.15, -0.1) is 0 Å². The van der Waals surface area contributed by atoms with E-state index >= 15 is 0 Å². The third kappa shape index (κ3) is 2.44. The van der Waals surface area contributed by atoms with Crippen LogP contribution in [0.1, 0.15) is 26.5 Å². The van der Waals surface area contributed by atoms with Crippen LogP contribution >= 0.6 is 0 Å². The van der Waals surface area contributed by atoms with Crippen molar-refractivity contribution in [2.45, 2.75) is 6.92 Å². The van der Waals surface area contributed by atoms with Crippen molar-refractivity contribution in [3.05, 3.63) is 65.4 Å². The number of para-hydroxylation sites is 1. The van der Waals surface area contributed by atoms with Crippen molar-refractivity contribution in [3.63, 3.8) is 0 Å². The first kappa shape index (κ1) is 13.9. The van der Waals surface area contributed by atoms with E-state index in [1.807, 2.05) is 18.2 Å². The molecule has 0 aliphatic rings.